The van der Waals surface area contributed by atoms with Crippen LogP contribution in [0.3, 0.4) is 0 Å². The normalized spacial score (nSPS) is 17.8. The Kier molecular flexibility index (Phi) is 8.20. The molecular weight excluding hydrogens is 317 g/mol. The van der Waals surface area contributed by atoms with E-state index in [1.165, 1.54) is 37.9 Å². The van der Waals surface area contributed by atoms with Gasteiger partial charge in [-0.15, -0.1) is 12.4 Å². The molecular formula is C18H29Cl2NO. The molecule has 2 nitrogen and oxygen atoms in total. The lowest BCUT2D eigenvalue weighted by molar-refractivity contribution is -0.0291. The number of likely N-dealkylation sites (tertiary alicyclic amines) is 1. The molecule has 1 fully saturated rings. The highest BCUT2D eigenvalue weighted by molar-refractivity contribution is 6.30. The van der Waals surface area contributed by atoms with Gasteiger partial charge in [0.05, 0.1) is 12.7 Å². The standard InChI is InChI=1S/C18H28ClNO.ClH/c1-18(2,3)17(15-7-9-16(19)10-8-15)21-14-13-20-11-5-4-6-12-20;/h7-10,17H,4-6,11-14H2,1-3H3;1H. The molecule has 22 heavy (non-hydrogen) atoms. The van der Waals surface area contributed by atoms with Crippen LogP contribution in [0.2, 0.25) is 5.02 Å². The summed E-state index contributed by atoms with van der Waals surface area (Å²) in [5.74, 6) is 0. The predicted molar refractivity (Wildman–Crippen MR) is 97.1 cm³/mol. The van der Waals surface area contributed by atoms with Gasteiger partial charge in [0, 0.05) is 11.6 Å². The highest BCUT2D eigenvalue weighted by atomic mass is 35.5. The van der Waals surface area contributed by atoms with E-state index >= 15 is 0 Å². The molecule has 1 aromatic rings. The van der Waals surface area contributed by atoms with Gasteiger partial charge < -0.3 is 9.64 Å². The molecule has 0 spiro atoms. The third kappa shape index (κ3) is 6.08. The van der Waals surface area contributed by atoms with Crippen LogP contribution in [0.4, 0.5) is 0 Å². The van der Waals surface area contributed by atoms with Crippen molar-refractivity contribution < 1.29 is 4.74 Å². The van der Waals surface area contributed by atoms with Crippen molar-refractivity contribution in [3.63, 3.8) is 0 Å². The quantitative estimate of drug-likeness (QED) is 0.712. The van der Waals surface area contributed by atoms with E-state index in [9.17, 15) is 0 Å². The van der Waals surface area contributed by atoms with Crippen LogP contribution in [-0.4, -0.2) is 31.1 Å². The SMILES string of the molecule is CC(C)(C)C(OCCN1CCCCC1)c1ccc(Cl)cc1.Cl. The summed E-state index contributed by atoms with van der Waals surface area (Å²) < 4.78 is 6.25. The topological polar surface area (TPSA) is 12.5 Å². The molecule has 0 bridgehead atoms. The Morgan fingerprint density at radius 3 is 2.23 bits per heavy atom. The lowest BCUT2D eigenvalue weighted by atomic mass is 9.84. The van der Waals surface area contributed by atoms with E-state index < -0.39 is 0 Å². The van der Waals surface area contributed by atoms with Crippen molar-refractivity contribution in [2.75, 3.05) is 26.2 Å². The number of hydrogen-bond donors (Lipinski definition) is 0. The maximum atomic E-state index is 6.25. The Bertz CT molecular complexity index is 422. The highest BCUT2D eigenvalue weighted by Crippen LogP contribution is 2.36. The number of piperidine rings is 1. The summed E-state index contributed by atoms with van der Waals surface area (Å²) in [7, 11) is 0. The molecule has 1 saturated heterocycles. The van der Waals surface area contributed by atoms with Gasteiger partial charge in [-0.25, -0.2) is 0 Å². The number of hydrogen-bond acceptors (Lipinski definition) is 2. The van der Waals surface area contributed by atoms with Crippen LogP contribution in [0, 0.1) is 5.41 Å². The van der Waals surface area contributed by atoms with Crippen molar-refractivity contribution in [3.05, 3.63) is 34.9 Å². The van der Waals surface area contributed by atoms with Gasteiger partial charge >= 0.3 is 0 Å². The minimum Gasteiger partial charge on any atom is -0.372 e. The summed E-state index contributed by atoms with van der Waals surface area (Å²) >= 11 is 5.99. The number of benzene rings is 1. The first-order chi connectivity index (χ1) is 9.97. The van der Waals surface area contributed by atoms with Gasteiger partial charge in [-0.05, 0) is 49.0 Å². The number of ether oxygens (including phenoxy) is 1. The average molecular weight is 346 g/mol. The number of halogens is 2. The van der Waals surface area contributed by atoms with Gasteiger partial charge in [0.2, 0.25) is 0 Å². The largest absolute Gasteiger partial charge is 0.372 e. The van der Waals surface area contributed by atoms with E-state index in [0.717, 1.165) is 18.2 Å². The zero-order chi connectivity index (χ0) is 15.3. The number of nitrogens with zero attached hydrogens (tertiary/aromatic N) is 1. The fraction of sp³-hybridized carbons (Fsp3) is 0.667. The van der Waals surface area contributed by atoms with Crippen molar-refractivity contribution in [1.82, 2.24) is 4.90 Å². The van der Waals surface area contributed by atoms with Crippen molar-refractivity contribution >= 4 is 24.0 Å². The van der Waals surface area contributed by atoms with Crippen molar-refractivity contribution in [1.29, 1.82) is 0 Å². The summed E-state index contributed by atoms with van der Waals surface area (Å²) in [5, 5.41) is 0.778. The smallest absolute Gasteiger partial charge is 0.0873 e. The minimum atomic E-state index is 0. The molecule has 0 aliphatic carbocycles. The van der Waals surface area contributed by atoms with Gasteiger partial charge in [0.1, 0.15) is 0 Å². The monoisotopic (exact) mass is 345 g/mol. The molecule has 1 aromatic carbocycles. The van der Waals surface area contributed by atoms with Crippen LogP contribution in [-0.2, 0) is 4.74 Å². The molecule has 0 aromatic heterocycles. The first kappa shape index (κ1) is 19.8. The van der Waals surface area contributed by atoms with Crippen LogP contribution >= 0.6 is 24.0 Å². The van der Waals surface area contributed by atoms with Crippen molar-refractivity contribution in [3.8, 4) is 0 Å². The third-order valence-electron chi connectivity index (χ3n) is 4.10. The zero-order valence-electron chi connectivity index (χ0n) is 14.0. The minimum absolute atomic E-state index is 0. The van der Waals surface area contributed by atoms with Gasteiger partial charge in [-0.1, -0.05) is 50.9 Å². The summed E-state index contributed by atoms with van der Waals surface area (Å²) in [4.78, 5) is 2.52. The average Bonchev–Trinajstić information content (AvgIpc) is 2.45. The van der Waals surface area contributed by atoms with Crippen molar-refractivity contribution in [2.45, 2.75) is 46.1 Å². The second kappa shape index (κ2) is 9.12. The van der Waals surface area contributed by atoms with Gasteiger partial charge in [-0.2, -0.15) is 0 Å². The first-order valence-corrected chi connectivity index (χ1v) is 8.44. The van der Waals surface area contributed by atoms with E-state index in [1.54, 1.807) is 0 Å². The van der Waals surface area contributed by atoms with Gasteiger partial charge in [0.15, 0.2) is 0 Å². The first-order valence-electron chi connectivity index (χ1n) is 8.06. The molecule has 1 heterocycles. The summed E-state index contributed by atoms with van der Waals surface area (Å²) in [6.07, 6.45) is 4.16. The van der Waals surface area contributed by atoms with Gasteiger partial charge in [0.25, 0.3) is 0 Å². The fourth-order valence-corrected chi connectivity index (χ4v) is 3.09. The van der Waals surface area contributed by atoms with Crippen molar-refractivity contribution in [2.24, 2.45) is 5.41 Å². The molecule has 0 radical (unpaired) electrons. The highest BCUT2D eigenvalue weighted by Gasteiger charge is 2.27. The molecule has 1 aliphatic rings. The molecule has 4 heteroatoms. The predicted octanol–water partition coefficient (Wildman–Crippen LogP) is 5.35. The second-order valence-electron chi connectivity index (χ2n) is 7.07. The van der Waals surface area contributed by atoms with Crippen LogP contribution < -0.4 is 0 Å². The van der Waals surface area contributed by atoms with E-state index in [1.807, 2.05) is 12.1 Å². The van der Waals surface area contributed by atoms with Crippen LogP contribution in [0.15, 0.2) is 24.3 Å². The fourth-order valence-electron chi connectivity index (χ4n) is 2.97. The Hall–Kier alpha value is -0.280. The lowest BCUT2D eigenvalue weighted by Crippen LogP contribution is -2.34. The van der Waals surface area contributed by atoms with Gasteiger partial charge in [-0.3, -0.25) is 0 Å². The van der Waals surface area contributed by atoms with E-state index in [-0.39, 0.29) is 23.9 Å². The third-order valence-corrected chi connectivity index (χ3v) is 4.35. The number of rotatable bonds is 5. The molecule has 0 N–H and O–H groups in total. The molecule has 1 atom stereocenters. The zero-order valence-corrected chi connectivity index (χ0v) is 15.6. The molecule has 2 rings (SSSR count). The summed E-state index contributed by atoms with van der Waals surface area (Å²) in [6, 6.07) is 8.06. The Morgan fingerprint density at radius 2 is 1.68 bits per heavy atom. The molecule has 1 unspecified atom stereocenters. The second-order valence-corrected chi connectivity index (χ2v) is 7.51. The summed E-state index contributed by atoms with van der Waals surface area (Å²) in [5.41, 5.74) is 1.29. The Labute approximate surface area is 146 Å². The van der Waals surface area contributed by atoms with Crippen LogP contribution in [0.1, 0.15) is 51.7 Å². The molecule has 1 aliphatic heterocycles. The molecule has 0 amide bonds. The van der Waals surface area contributed by atoms with Crippen LogP contribution in [0.25, 0.3) is 0 Å². The Balaban J connectivity index is 0.00000242. The summed E-state index contributed by atoms with van der Waals surface area (Å²) in [6.45, 7) is 11.0. The molecule has 0 saturated carbocycles. The van der Waals surface area contributed by atoms with E-state index in [2.05, 4.69) is 37.8 Å². The maximum absolute atomic E-state index is 6.25. The van der Waals surface area contributed by atoms with E-state index in [4.69, 9.17) is 16.3 Å². The van der Waals surface area contributed by atoms with Crippen LogP contribution in [0.5, 0.6) is 0 Å². The Morgan fingerprint density at radius 1 is 1.09 bits per heavy atom. The molecule has 126 valence electrons. The van der Waals surface area contributed by atoms with E-state index in [0.29, 0.717) is 0 Å². The lowest BCUT2D eigenvalue weighted by Gasteiger charge is -2.33. The maximum Gasteiger partial charge on any atom is 0.0873 e.